The lowest BCUT2D eigenvalue weighted by Crippen LogP contribution is -2.51. The molecule has 1 aliphatic carbocycles. The van der Waals surface area contributed by atoms with Crippen molar-refractivity contribution in [3.63, 3.8) is 0 Å². The Morgan fingerprint density at radius 1 is 1.24 bits per heavy atom. The van der Waals surface area contributed by atoms with Gasteiger partial charge in [-0.15, -0.1) is 0 Å². The fourth-order valence-corrected chi connectivity index (χ4v) is 3.96. The zero-order valence-corrected chi connectivity index (χ0v) is 13.9. The van der Waals surface area contributed by atoms with Crippen molar-refractivity contribution in [2.24, 2.45) is 0 Å². The average Bonchev–Trinajstić information content (AvgIpc) is 2.98. The van der Waals surface area contributed by atoms with Crippen molar-refractivity contribution < 1.29 is 9.84 Å². The van der Waals surface area contributed by atoms with Crippen LogP contribution >= 0.6 is 0 Å². The zero-order valence-electron chi connectivity index (χ0n) is 13.9. The lowest BCUT2D eigenvalue weighted by Gasteiger charge is -2.44. The van der Waals surface area contributed by atoms with E-state index in [1.165, 1.54) is 12.8 Å². The molecule has 1 saturated carbocycles. The third-order valence-electron chi connectivity index (χ3n) is 5.05. The van der Waals surface area contributed by atoms with Crippen LogP contribution in [0.2, 0.25) is 0 Å². The topological polar surface area (TPSA) is 32.7 Å². The number of hydrogen-bond donors (Lipinski definition) is 1. The van der Waals surface area contributed by atoms with Crippen molar-refractivity contribution >= 4 is 0 Å². The first kappa shape index (κ1) is 16.3. The zero-order chi connectivity index (χ0) is 15.5. The summed E-state index contributed by atoms with van der Waals surface area (Å²) in [4.78, 5) is 2.44. The number of ether oxygens (including phenoxy) is 1. The van der Waals surface area contributed by atoms with Gasteiger partial charge in [-0.2, -0.15) is 0 Å². The number of rotatable bonds is 6. The van der Waals surface area contributed by atoms with Crippen LogP contribution in [0.3, 0.4) is 0 Å². The van der Waals surface area contributed by atoms with Crippen molar-refractivity contribution in [2.45, 2.75) is 58.1 Å². The van der Waals surface area contributed by atoms with Crippen LogP contribution in [0.5, 0.6) is 5.75 Å². The van der Waals surface area contributed by atoms with Gasteiger partial charge in [0, 0.05) is 5.56 Å². The van der Waals surface area contributed by atoms with Gasteiger partial charge in [-0.25, -0.2) is 0 Å². The standard InChI is InChI=1S/C18H29NO2/c1-5-19(6-2)18(11-7-8-12-18)17(20)15-13-14(3)9-10-16(15)21-4/h9-10,13,17,20H,5-8,11-12H2,1-4H3. The molecule has 1 atom stereocenters. The Labute approximate surface area is 128 Å². The van der Waals surface area contributed by atoms with E-state index in [0.717, 1.165) is 42.8 Å². The Morgan fingerprint density at radius 2 is 1.86 bits per heavy atom. The minimum atomic E-state index is -0.491. The highest BCUT2D eigenvalue weighted by molar-refractivity contribution is 5.40. The Bertz CT molecular complexity index is 462. The van der Waals surface area contributed by atoms with Crippen LogP contribution in [-0.2, 0) is 0 Å². The van der Waals surface area contributed by atoms with Gasteiger partial charge < -0.3 is 9.84 Å². The van der Waals surface area contributed by atoms with Crippen LogP contribution in [0.25, 0.3) is 0 Å². The summed E-state index contributed by atoms with van der Waals surface area (Å²) in [5.41, 5.74) is 1.97. The SMILES string of the molecule is CCN(CC)C1(C(O)c2cc(C)ccc2OC)CCCC1. The fourth-order valence-electron chi connectivity index (χ4n) is 3.96. The lowest BCUT2D eigenvalue weighted by molar-refractivity contribution is -0.0279. The highest BCUT2D eigenvalue weighted by Gasteiger charge is 2.45. The van der Waals surface area contributed by atoms with E-state index in [1.807, 2.05) is 12.1 Å². The van der Waals surface area contributed by atoms with E-state index in [0.29, 0.717) is 0 Å². The van der Waals surface area contributed by atoms with E-state index in [1.54, 1.807) is 7.11 Å². The van der Waals surface area contributed by atoms with Gasteiger partial charge >= 0.3 is 0 Å². The summed E-state index contributed by atoms with van der Waals surface area (Å²) >= 11 is 0. The molecule has 1 aromatic carbocycles. The van der Waals surface area contributed by atoms with Crippen molar-refractivity contribution in [3.8, 4) is 5.75 Å². The molecule has 0 amide bonds. The van der Waals surface area contributed by atoms with Gasteiger partial charge in [0.25, 0.3) is 0 Å². The maximum atomic E-state index is 11.2. The van der Waals surface area contributed by atoms with Crippen LogP contribution in [0.4, 0.5) is 0 Å². The van der Waals surface area contributed by atoms with Gasteiger partial charge in [0.2, 0.25) is 0 Å². The Hall–Kier alpha value is -1.06. The maximum Gasteiger partial charge on any atom is 0.124 e. The normalized spacial score (nSPS) is 19.0. The molecule has 1 fully saturated rings. The Balaban J connectivity index is 2.43. The van der Waals surface area contributed by atoms with Gasteiger partial charge in [-0.1, -0.05) is 38.3 Å². The van der Waals surface area contributed by atoms with E-state index in [2.05, 4.69) is 31.7 Å². The molecule has 1 aromatic rings. The Morgan fingerprint density at radius 3 is 2.38 bits per heavy atom. The minimum Gasteiger partial charge on any atom is -0.496 e. The average molecular weight is 291 g/mol. The van der Waals surface area contributed by atoms with Crippen molar-refractivity contribution in [1.82, 2.24) is 4.90 Å². The fraction of sp³-hybridized carbons (Fsp3) is 0.667. The monoisotopic (exact) mass is 291 g/mol. The second-order valence-corrected chi connectivity index (χ2v) is 6.13. The summed E-state index contributed by atoms with van der Waals surface area (Å²) in [5.74, 6) is 0.798. The van der Waals surface area contributed by atoms with Crippen LogP contribution in [0, 0.1) is 6.92 Å². The number of aliphatic hydroxyl groups excluding tert-OH is 1. The summed E-state index contributed by atoms with van der Waals surface area (Å²) in [6.45, 7) is 8.38. The summed E-state index contributed by atoms with van der Waals surface area (Å²) in [6.07, 6.45) is 4.03. The third kappa shape index (κ3) is 2.95. The smallest absolute Gasteiger partial charge is 0.124 e. The molecule has 0 aliphatic heterocycles. The Kier molecular flexibility index (Phi) is 5.28. The minimum absolute atomic E-state index is 0.134. The number of methoxy groups -OCH3 is 1. The molecular formula is C18H29NO2. The largest absolute Gasteiger partial charge is 0.496 e. The predicted octanol–water partition coefficient (Wildman–Crippen LogP) is 3.69. The number of likely N-dealkylation sites (N-methyl/N-ethyl adjacent to an activating group) is 1. The predicted molar refractivity (Wildman–Crippen MR) is 86.8 cm³/mol. The second kappa shape index (κ2) is 6.80. The summed E-state index contributed by atoms with van der Waals surface area (Å²) in [6, 6.07) is 6.08. The maximum absolute atomic E-state index is 11.2. The third-order valence-corrected chi connectivity index (χ3v) is 5.05. The lowest BCUT2D eigenvalue weighted by atomic mass is 9.83. The summed E-state index contributed by atoms with van der Waals surface area (Å²) in [7, 11) is 1.68. The molecule has 118 valence electrons. The second-order valence-electron chi connectivity index (χ2n) is 6.13. The molecule has 1 unspecified atom stereocenters. The number of aryl methyl sites for hydroxylation is 1. The number of aliphatic hydroxyl groups is 1. The molecule has 3 heteroatoms. The molecule has 0 aromatic heterocycles. The highest BCUT2D eigenvalue weighted by Crippen LogP contribution is 2.46. The van der Waals surface area contributed by atoms with Gasteiger partial charge in [0.15, 0.2) is 0 Å². The van der Waals surface area contributed by atoms with Crippen molar-refractivity contribution in [2.75, 3.05) is 20.2 Å². The van der Waals surface area contributed by atoms with Gasteiger partial charge in [-0.05, 0) is 45.0 Å². The summed E-state index contributed by atoms with van der Waals surface area (Å²) < 4.78 is 5.49. The molecule has 0 spiro atoms. The summed E-state index contributed by atoms with van der Waals surface area (Å²) in [5, 5.41) is 11.2. The van der Waals surface area contributed by atoms with E-state index in [9.17, 15) is 5.11 Å². The van der Waals surface area contributed by atoms with Crippen molar-refractivity contribution in [1.29, 1.82) is 0 Å². The molecule has 0 saturated heterocycles. The molecule has 1 N–H and O–H groups in total. The van der Waals surface area contributed by atoms with Crippen LogP contribution in [0.1, 0.15) is 56.8 Å². The number of benzene rings is 1. The number of hydrogen-bond acceptors (Lipinski definition) is 3. The van der Waals surface area contributed by atoms with Crippen molar-refractivity contribution in [3.05, 3.63) is 29.3 Å². The molecule has 21 heavy (non-hydrogen) atoms. The first-order valence-corrected chi connectivity index (χ1v) is 8.16. The van der Waals surface area contributed by atoms with Crippen LogP contribution in [0.15, 0.2) is 18.2 Å². The first-order chi connectivity index (χ1) is 10.1. The van der Waals surface area contributed by atoms with E-state index < -0.39 is 6.10 Å². The van der Waals surface area contributed by atoms with Crippen LogP contribution < -0.4 is 4.74 Å². The van der Waals surface area contributed by atoms with E-state index in [4.69, 9.17) is 4.74 Å². The van der Waals surface area contributed by atoms with Gasteiger partial charge in [0.1, 0.15) is 11.9 Å². The molecule has 0 radical (unpaired) electrons. The highest BCUT2D eigenvalue weighted by atomic mass is 16.5. The van der Waals surface area contributed by atoms with Gasteiger partial charge in [-0.3, -0.25) is 4.90 Å². The van der Waals surface area contributed by atoms with E-state index in [-0.39, 0.29) is 5.54 Å². The first-order valence-electron chi connectivity index (χ1n) is 8.16. The van der Waals surface area contributed by atoms with Crippen LogP contribution in [-0.4, -0.2) is 35.7 Å². The quantitative estimate of drug-likeness (QED) is 0.867. The molecule has 0 bridgehead atoms. The molecule has 3 nitrogen and oxygen atoms in total. The van der Waals surface area contributed by atoms with Gasteiger partial charge in [0.05, 0.1) is 12.6 Å². The molecule has 1 aliphatic rings. The molecular weight excluding hydrogens is 262 g/mol. The molecule has 0 heterocycles. The van der Waals surface area contributed by atoms with E-state index >= 15 is 0 Å². The number of nitrogens with zero attached hydrogens (tertiary/aromatic N) is 1. The molecule has 2 rings (SSSR count).